The summed E-state index contributed by atoms with van der Waals surface area (Å²) in [6.07, 6.45) is 9.83. The highest BCUT2D eigenvalue weighted by Crippen LogP contribution is 2.41. The topological polar surface area (TPSA) is 51.5 Å². The van der Waals surface area contributed by atoms with E-state index in [1.807, 2.05) is 22.5 Å². The van der Waals surface area contributed by atoms with Gasteiger partial charge in [-0.15, -0.1) is 0 Å². The van der Waals surface area contributed by atoms with Gasteiger partial charge in [0.25, 0.3) is 5.24 Å². The van der Waals surface area contributed by atoms with E-state index in [4.69, 9.17) is 16.3 Å². The van der Waals surface area contributed by atoms with Crippen LogP contribution >= 0.6 is 23.4 Å². The van der Waals surface area contributed by atoms with E-state index in [1.165, 1.54) is 12.0 Å². The number of benzene rings is 1. The van der Waals surface area contributed by atoms with Gasteiger partial charge in [0.15, 0.2) is 0 Å². The van der Waals surface area contributed by atoms with E-state index in [2.05, 4.69) is 64.3 Å². The number of morpholine rings is 1. The number of aryl methyl sites for hydroxylation is 1. The first-order valence-corrected chi connectivity index (χ1v) is 16.0. The van der Waals surface area contributed by atoms with Crippen molar-refractivity contribution in [2.24, 2.45) is 0 Å². The molecule has 1 aliphatic carbocycles. The lowest BCUT2D eigenvalue weighted by Crippen LogP contribution is -2.42. The zero-order valence-corrected chi connectivity index (χ0v) is 27.0. The van der Waals surface area contributed by atoms with Gasteiger partial charge >= 0.3 is 0 Å². The van der Waals surface area contributed by atoms with Crippen LogP contribution in [-0.4, -0.2) is 46.9 Å². The van der Waals surface area contributed by atoms with Gasteiger partial charge in [-0.3, -0.25) is 9.59 Å². The Morgan fingerprint density at radius 3 is 2.38 bits per heavy atom. The van der Waals surface area contributed by atoms with Gasteiger partial charge in [-0.1, -0.05) is 74.0 Å². The molecule has 2 heterocycles. The van der Waals surface area contributed by atoms with Gasteiger partial charge in [0, 0.05) is 18.0 Å². The van der Waals surface area contributed by atoms with Crippen molar-refractivity contribution in [1.82, 2.24) is 9.47 Å². The lowest BCUT2D eigenvalue weighted by Gasteiger charge is -2.28. The molecule has 1 aromatic heterocycles. The average molecular weight is 607 g/mol. The second-order valence-electron chi connectivity index (χ2n) is 11.6. The minimum absolute atomic E-state index is 0.0303. The van der Waals surface area contributed by atoms with Crippen LogP contribution in [0.15, 0.2) is 64.5 Å². The highest BCUT2D eigenvalue weighted by atomic mass is 35.5. The summed E-state index contributed by atoms with van der Waals surface area (Å²) in [5.41, 5.74) is 7.71. The zero-order chi connectivity index (χ0) is 30.4. The SMILES string of the molecule is C=C(C)SC(C(=C)/C=C\c1cc(-c2c(C3CCCCC3)cc(C(=O)Cl)n2CC(=O)N2CCOCC2)ccc1C)=C(C)C. The molecule has 224 valence electrons. The third kappa shape index (κ3) is 7.77. The van der Waals surface area contributed by atoms with Crippen molar-refractivity contribution in [2.75, 3.05) is 26.3 Å². The molecular weight excluding hydrogens is 564 g/mol. The van der Waals surface area contributed by atoms with Gasteiger partial charge in [-0.05, 0) is 103 Å². The molecule has 42 heavy (non-hydrogen) atoms. The number of carbonyl (C=O) groups excluding carboxylic acids is 2. The number of carbonyl (C=O) groups is 2. The first-order chi connectivity index (χ1) is 20.1. The van der Waals surface area contributed by atoms with Gasteiger partial charge < -0.3 is 14.2 Å². The summed E-state index contributed by atoms with van der Waals surface area (Å²) >= 11 is 7.82. The number of nitrogens with zero attached hydrogens (tertiary/aromatic N) is 2. The molecule has 2 aromatic rings. The monoisotopic (exact) mass is 606 g/mol. The minimum atomic E-state index is -0.541. The maximum atomic E-state index is 13.5. The van der Waals surface area contributed by atoms with Crippen LogP contribution in [0, 0.1) is 6.92 Å². The summed E-state index contributed by atoms with van der Waals surface area (Å²) in [6, 6.07) is 8.31. The fraction of sp³-hybridized carbons (Fsp3) is 0.429. The van der Waals surface area contributed by atoms with Crippen LogP contribution in [0.1, 0.15) is 86.0 Å². The number of aromatic nitrogens is 1. The van der Waals surface area contributed by atoms with Crippen LogP contribution < -0.4 is 0 Å². The molecule has 0 atom stereocenters. The average Bonchev–Trinajstić information content (AvgIpc) is 3.35. The van der Waals surface area contributed by atoms with Crippen molar-refractivity contribution in [2.45, 2.75) is 72.3 Å². The standard InChI is InChI=1S/C35H43ClN2O3S/c1-23(2)34(42-24(3)4)26(6)13-14-28-20-29(15-12-25(28)5)33-30(27-10-8-7-9-11-27)21-31(35(36)40)38(33)22-32(39)37-16-18-41-19-17-37/h12-15,20-21,27H,3,6-11,16-19,22H2,1-2,4-5H3/b14-13-. The number of hydrogen-bond acceptors (Lipinski definition) is 4. The second-order valence-corrected chi connectivity index (χ2v) is 13.2. The highest BCUT2D eigenvalue weighted by Gasteiger charge is 2.29. The van der Waals surface area contributed by atoms with E-state index >= 15 is 0 Å². The van der Waals surface area contributed by atoms with Gasteiger partial charge in [0.2, 0.25) is 5.91 Å². The third-order valence-electron chi connectivity index (χ3n) is 8.07. The van der Waals surface area contributed by atoms with Crippen LogP contribution in [0.4, 0.5) is 0 Å². The largest absolute Gasteiger partial charge is 0.378 e. The van der Waals surface area contributed by atoms with Crippen molar-refractivity contribution in [1.29, 1.82) is 0 Å². The van der Waals surface area contributed by atoms with E-state index in [1.54, 1.807) is 11.8 Å². The molecule has 4 rings (SSSR count). The molecule has 0 unspecified atom stereocenters. The van der Waals surface area contributed by atoms with E-state index in [0.29, 0.717) is 37.9 Å². The van der Waals surface area contributed by atoms with Crippen molar-refractivity contribution >= 4 is 40.6 Å². The summed E-state index contributed by atoms with van der Waals surface area (Å²) in [7, 11) is 0. The van der Waals surface area contributed by atoms with E-state index in [9.17, 15) is 9.59 Å². The van der Waals surface area contributed by atoms with Gasteiger partial charge in [0.05, 0.1) is 18.9 Å². The third-order valence-corrected chi connectivity index (χ3v) is 9.49. The zero-order valence-electron chi connectivity index (χ0n) is 25.4. The summed E-state index contributed by atoms with van der Waals surface area (Å²) < 4.78 is 7.31. The molecule has 1 amide bonds. The number of ether oxygens (including phenoxy) is 1. The lowest BCUT2D eigenvalue weighted by atomic mass is 9.83. The molecule has 1 aliphatic heterocycles. The number of allylic oxidation sites excluding steroid dienone is 4. The number of hydrogen-bond donors (Lipinski definition) is 0. The van der Waals surface area contributed by atoms with Gasteiger partial charge in [-0.25, -0.2) is 0 Å². The van der Waals surface area contributed by atoms with Gasteiger partial charge in [-0.2, -0.15) is 0 Å². The Bertz CT molecular complexity index is 1420. The van der Waals surface area contributed by atoms with Crippen molar-refractivity contribution in [3.8, 4) is 11.3 Å². The number of thioether (sulfide) groups is 1. The maximum absolute atomic E-state index is 13.5. The molecule has 2 fully saturated rings. The van der Waals surface area contributed by atoms with Crippen LogP contribution in [-0.2, 0) is 16.1 Å². The Labute approximate surface area is 260 Å². The molecule has 0 spiro atoms. The van der Waals surface area contributed by atoms with Crippen LogP contribution in [0.25, 0.3) is 17.3 Å². The number of halogens is 1. The maximum Gasteiger partial charge on any atom is 0.268 e. The Hall–Kier alpha value is -2.80. The first kappa shape index (κ1) is 32.1. The smallest absolute Gasteiger partial charge is 0.268 e. The highest BCUT2D eigenvalue weighted by molar-refractivity contribution is 8.06. The minimum Gasteiger partial charge on any atom is -0.378 e. The lowest BCUT2D eigenvalue weighted by molar-refractivity contribution is -0.135. The molecule has 0 radical (unpaired) electrons. The Morgan fingerprint density at radius 1 is 1.07 bits per heavy atom. The first-order valence-electron chi connectivity index (χ1n) is 14.8. The summed E-state index contributed by atoms with van der Waals surface area (Å²) in [5, 5.41) is -0.541. The second kappa shape index (κ2) is 14.6. The molecule has 1 aromatic carbocycles. The fourth-order valence-corrected chi connectivity index (χ4v) is 6.80. The van der Waals surface area contributed by atoms with Crippen LogP contribution in [0.3, 0.4) is 0 Å². The molecule has 0 bridgehead atoms. The Morgan fingerprint density at radius 2 is 1.76 bits per heavy atom. The van der Waals surface area contributed by atoms with Gasteiger partial charge in [0.1, 0.15) is 12.2 Å². The summed E-state index contributed by atoms with van der Waals surface area (Å²) in [5.74, 6) is 0.292. The van der Waals surface area contributed by atoms with E-state index < -0.39 is 5.24 Å². The van der Waals surface area contributed by atoms with Crippen molar-refractivity contribution in [3.05, 3.63) is 86.8 Å². The fourth-order valence-electron chi connectivity index (χ4n) is 5.89. The molecule has 2 aliphatic rings. The van der Waals surface area contributed by atoms with E-state index in [0.717, 1.165) is 69.0 Å². The normalized spacial score (nSPS) is 16.1. The van der Waals surface area contributed by atoms with Crippen LogP contribution in [0.5, 0.6) is 0 Å². The molecule has 7 heteroatoms. The number of rotatable bonds is 10. The Kier molecular flexibility index (Phi) is 11.2. The molecular formula is C35H43ClN2O3S. The molecule has 1 saturated heterocycles. The predicted octanol–water partition coefficient (Wildman–Crippen LogP) is 8.88. The Balaban J connectivity index is 1.79. The summed E-state index contributed by atoms with van der Waals surface area (Å²) in [6.45, 7) is 18.9. The molecule has 0 N–H and O–H groups in total. The molecule has 5 nitrogen and oxygen atoms in total. The number of amides is 1. The quantitative estimate of drug-likeness (QED) is 0.200. The predicted molar refractivity (Wildman–Crippen MR) is 177 cm³/mol. The van der Waals surface area contributed by atoms with Crippen LogP contribution in [0.2, 0.25) is 0 Å². The van der Waals surface area contributed by atoms with E-state index in [-0.39, 0.29) is 12.5 Å². The summed E-state index contributed by atoms with van der Waals surface area (Å²) in [4.78, 5) is 30.2. The van der Waals surface area contributed by atoms with Crippen molar-refractivity contribution in [3.63, 3.8) is 0 Å². The van der Waals surface area contributed by atoms with Crippen molar-refractivity contribution < 1.29 is 14.3 Å². The molecule has 1 saturated carbocycles.